The Kier molecular flexibility index (Phi) is 4.42. The summed E-state index contributed by atoms with van der Waals surface area (Å²) in [5.74, 6) is -0.963. The van der Waals surface area contributed by atoms with Crippen LogP contribution >= 0.6 is 0 Å². The number of hydrogen-bond acceptors (Lipinski definition) is 3. The summed E-state index contributed by atoms with van der Waals surface area (Å²) in [4.78, 5) is 29.2. The predicted molar refractivity (Wildman–Crippen MR) is 73.1 cm³/mol. The third-order valence-corrected chi connectivity index (χ3v) is 4.02. The van der Waals surface area contributed by atoms with E-state index in [1.165, 1.54) is 0 Å². The van der Waals surface area contributed by atoms with Gasteiger partial charge in [0.25, 0.3) is 0 Å². The van der Waals surface area contributed by atoms with Crippen molar-refractivity contribution in [1.82, 2.24) is 14.5 Å². The van der Waals surface area contributed by atoms with Crippen molar-refractivity contribution in [2.45, 2.75) is 51.1 Å². The summed E-state index contributed by atoms with van der Waals surface area (Å²) in [5, 5.41) is 9.39. The number of rotatable bonds is 5. The molecule has 0 saturated carbocycles. The van der Waals surface area contributed by atoms with E-state index >= 15 is 0 Å². The summed E-state index contributed by atoms with van der Waals surface area (Å²) in [6, 6.07) is 0. The maximum atomic E-state index is 12.3. The lowest BCUT2D eigenvalue weighted by Crippen LogP contribution is -2.57. The van der Waals surface area contributed by atoms with Gasteiger partial charge in [-0.3, -0.25) is 4.79 Å². The van der Waals surface area contributed by atoms with Crippen LogP contribution in [0.15, 0.2) is 18.7 Å². The maximum absolute atomic E-state index is 12.3. The third kappa shape index (κ3) is 3.00. The Bertz CT molecular complexity index is 472. The second kappa shape index (κ2) is 6.07. The van der Waals surface area contributed by atoms with Crippen molar-refractivity contribution in [3.8, 4) is 0 Å². The van der Waals surface area contributed by atoms with Crippen LogP contribution in [-0.2, 0) is 16.1 Å². The average Bonchev–Trinajstić information content (AvgIpc) is 2.92. The molecule has 1 fully saturated rings. The summed E-state index contributed by atoms with van der Waals surface area (Å²) in [6.45, 7) is 2.93. The molecule has 1 N–H and O–H groups in total. The number of aliphatic carboxylic acids is 1. The number of carboxylic acids is 1. The van der Waals surface area contributed by atoms with Gasteiger partial charge in [-0.1, -0.05) is 0 Å². The number of hydrogen-bond donors (Lipinski definition) is 1. The minimum absolute atomic E-state index is 0.0604. The first-order valence-corrected chi connectivity index (χ1v) is 7.03. The lowest BCUT2D eigenvalue weighted by atomic mass is 9.88. The SMILES string of the molecule is C[C@@]1(C(=O)O)CCCCN1C(=O)CCCn1ccnc1. The van der Waals surface area contributed by atoms with E-state index in [1.54, 1.807) is 24.3 Å². The monoisotopic (exact) mass is 279 g/mol. The standard InChI is InChI=1S/C14H21N3O3/c1-14(13(19)20)6-2-3-9-17(14)12(18)5-4-8-16-10-7-15-11-16/h7,10-11H,2-6,8-9H2,1H3,(H,19,20)/t14-/m0/s1. The largest absolute Gasteiger partial charge is 0.480 e. The summed E-state index contributed by atoms with van der Waals surface area (Å²) >= 11 is 0. The van der Waals surface area contributed by atoms with Crippen LogP contribution in [0.2, 0.25) is 0 Å². The normalized spacial score (nSPS) is 22.8. The Morgan fingerprint density at radius 2 is 2.20 bits per heavy atom. The fraction of sp³-hybridized carbons (Fsp3) is 0.643. The fourth-order valence-corrected chi connectivity index (χ4v) is 2.71. The van der Waals surface area contributed by atoms with E-state index < -0.39 is 11.5 Å². The molecular weight excluding hydrogens is 258 g/mol. The van der Waals surface area contributed by atoms with Gasteiger partial charge in [0.05, 0.1) is 6.33 Å². The maximum Gasteiger partial charge on any atom is 0.329 e. The van der Waals surface area contributed by atoms with Crippen molar-refractivity contribution in [3.63, 3.8) is 0 Å². The zero-order valence-electron chi connectivity index (χ0n) is 11.8. The van der Waals surface area contributed by atoms with Gasteiger partial charge in [0.15, 0.2) is 0 Å². The molecule has 6 heteroatoms. The minimum atomic E-state index is -1.04. The number of piperidine rings is 1. The lowest BCUT2D eigenvalue weighted by molar-refractivity contribution is -0.161. The van der Waals surface area contributed by atoms with E-state index in [0.29, 0.717) is 25.8 Å². The topological polar surface area (TPSA) is 75.4 Å². The highest BCUT2D eigenvalue weighted by atomic mass is 16.4. The molecule has 0 aromatic carbocycles. The molecular formula is C14H21N3O3. The highest BCUT2D eigenvalue weighted by Crippen LogP contribution is 2.29. The molecule has 0 bridgehead atoms. The van der Waals surface area contributed by atoms with Gasteiger partial charge in [0.1, 0.15) is 5.54 Å². The minimum Gasteiger partial charge on any atom is -0.480 e. The molecule has 1 aliphatic rings. The van der Waals surface area contributed by atoms with Gasteiger partial charge in [-0.15, -0.1) is 0 Å². The quantitative estimate of drug-likeness (QED) is 0.886. The van der Waals surface area contributed by atoms with Crippen LogP contribution in [-0.4, -0.2) is 43.5 Å². The fourth-order valence-electron chi connectivity index (χ4n) is 2.71. The molecule has 0 aliphatic carbocycles. The number of aromatic nitrogens is 2. The van der Waals surface area contributed by atoms with E-state index in [4.69, 9.17) is 0 Å². The van der Waals surface area contributed by atoms with Gasteiger partial charge in [-0.05, 0) is 32.6 Å². The summed E-state index contributed by atoms with van der Waals surface area (Å²) in [5.41, 5.74) is -1.04. The number of imidazole rings is 1. The first-order valence-electron chi connectivity index (χ1n) is 7.03. The summed E-state index contributed by atoms with van der Waals surface area (Å²) < 4.78 is 1.92. The third-order valence-electron chi connectivity index (χ3n) is 4.02. The first-order chi connectivity index (χ1) is 9.54. The highest BCUT2D eigenvalue weighted by Gasteiger charge is 2.43. The predicted octanol–water partition coefficient (Wildman–Crippen LogP) is 1.52. The van der Waals surface area contributed by atoms with E-state index in [2.05, 4.69) is 4.98 Å². The van der Waals surface area contributed by atoms with Gasteiger partial charge in [-0.2, -0.15) is 0 Å². The number of carbonyl (C=O) groups is 2. The molecule has 1 amide bonds. The van der Waals surface area contributed by atoms with Gasteiger partial charge in [0.2, 0.25) is 5.91 Å². The van der Waals surface area contributed by atoms with Crippen LogP contribution in [0.5, 0.6) is 0 Å². The Hall–Kier alpha value is -1.85. The van der Waals surface area contributed by atoms with Crippen molar-refractivity contribution >= 4 is 11.9 Å². The Labute approximate surface area is 118 Å². The van der Waals surface area contributed by atoms with Gasteiger partial charge >= 0.3 is 5.97 Å². The van der Waals surface area contributed by atoms with Gasteiger partial charge in [-0.25, -0.2) is 9.78 Å². The van der Waals surface area contributed by atoms with Crippen LogP contribution in [0.1, 0.15) is 39.0 Å². The molecule has 1 atom stereocenters. The molecule has 1 aromatic heterocycles. The van der Waals surface area contributed by atoms with Crippen molar-refractivity contribution in [3.05, 3.63) is 18.7 Å². The summed E-state index contributed by atoms with van der Waals surface area (Å²) in [6.07, 6.45) is 8.63. The van der Waals surface area contributed by atoms with Crippen LogP contribution in [0.3, 0.4) is 0 Å². The number of carboxylic acid groups (broad SMARTS) is 1. The molecule has 1 saturated heterocycles. The molecule has 1 aliphatic heterocycles. The van der Waals surface area contributed by atoms with Crippen LogP contribution in [0.25, 0.3) is 0 Å². The van der Waals surface area contributed by atoms with Gasteiger partial charge < -0.3 is 14.6 Å². The molecule has 2 rings (SSSR count). The Balaban J connectivity index is 1.91. The molecule has 0 unspecified atom stereocenters. The van der Waals surface area contributed by atoms with E-state index in [9.17, 15) is 14.7 Å². The Morgan fingerprint density at radius 1 is 1.40 bits per heavy atom. The number of carbonyl (C=O) groups excluding carboxylic acids is 1. The van der Waals surface area contributed by atoms with Crippen LogP contribution < -0.4 is 0 Å². The number of amides is 1. The van der Waals surface area contributed by atoms with Crippen molar-refractivity contribution in [2.24, 2.45) is 0 Å². The molecule has 2 heterocycles. The van der Waals surface area contributed by atoms with Crippen LogP contribution in [0, 0.1) is 0 Å². The van der Waals surface area contributed by atoms with E-state index in [1.807, 2.05) is 10.8 Å². The smallest absolute Gasteiger partial charge is 0.329 e. The van der Waals surface area contributed by atoms with E-state index in [0.717, 1.165) is 19.4 Å². The van der Waals surface area contributed by atoms with Crippen LogP contribution in [0.4, 0.5) is 0 Å². The molecule has 6 nitrogen and oxygen atoms in total. The second-order valence-electron chi connectivity index (χ2n) is 5.49. The molecule has 1 aromatic rings. The van der Waals surface area contributed by atoms with Gasteiger partial charge in [0, 0.05) is 31.9 Å². The lowest BCUT2D eigenvalue weighted by Gasteiger charge is -2.41. The van der Waals surface area contributed by atoms with Crippen molar-refractivity contribution in [1.29, 1.82) is 0 Å². The van der Waals surface area contributed by atoms with E-state index in [-0.39, 0.29) is 5.91 Å². The molecule has 0 spiro atoms. The molecule has 0 radical (unpaired) electrons. The van der Waals surface area contributed by atoms with Crippen molar-refractivity contribution in [2.75, 3.05) is 6.54 Å². The highest BCUT2D eigenvalue weighted by molar-refractivity contribution is 5.87. The molecule has 20 heavy (non-hydrogen) atoms. The van der Waals surface area contributed by atoms with Crippen molar-refractivity contribution < 1.29 is 14.7 Å². The second-order valence-corrected chi connectivity index (χ2v) is 5.49. The average molecular weight is 279 g/mol. The summed E-state index contributed by atoms with van der Waals surface area (Å²) in [7, 11) is 0. The number of aryl methyl sites for hydroxylation is 1. The first kappa shape index (κ1) is 14.6. The number of likely N-dealkylation sites (tertiary alicyclic amines) is 1. The zero-order chi connectivity index (χ0) is 14.6. The molecule has 110 valence electrons. The number of nitrogens with zero attached hydrogens (tertiary/aromatic N) is 3. The Morgan fingerprint density at radius 3 is 2.85 bits per heavy atom. The zero-order valence-corrected chi connectivity index (χ0v) is 11.8.